The Morgan fingerprint density at radius 1 is 1.33 bits per heavy atom. The molecule has 7 heteroatoms. The summed E-state index contributed by atoms with van der Waals surface area (Å²) in [5.74, 6) is 0.405. The van der Waals surface area contributed by atoms with Crippen LogP contribution in [0, 0.1) is 5.92 Å². The standard InChI is InChI=1S/C23H27ClN2O3S/c1-4-11-25(23(28)16(2)3)14-22(27)26-12-9-21-19(10-13-30-21)20(26)15-29-18-7-5-17(24)6-8-18/h4-8,10,13,16,20H,1,9,11-12,14-15H2,2-3H3/t20-/m0/s1. The van der Waals surface area contributed by atoms with E-state index in [2.05, 4.69) is 18.0 Å². The second-order valence-corrected chi connectivity index (χ2v) is 9.02. The van der Waals surface area contributed by atoms with Crippen LogP contribution in [0.15, 0.2) is 48.4 Å². The number of halogens is 1. The molecule has 3 rings (SSSR count). The average molecular weight is 447 g/mol. The maximum atomic E-state index is 13.2. The van der Waals surface area contributed by atoms with Gasteiger partial charge in [0.05, 0.1) is 6.04 Å². The zero-order chi connectivity index (χ0) is 21.7. The van der Waals surface area contributed by atoms with Crippen LogP contribution in [0.5, 0.6) is 5.75 Å². The molecule has 0 saturated heterocycles. The number of carbonyl (C=O) groups is 2. The molecule has 5 nitrogen and oxygen atoms in total. The number of ether oxygens (including phenoxy) is 1. The first-order chi connectivity index (χ1) is 14.4. The largest absolute Gasteiger partial charge is 0.491 e. The monoisotopic (exact) mass is 446 g/mol. The van der Waals surface area contributed by atoms with Crippen LogP contribution in [0.25, 0.3) is 0 Å². The normalized spacial score (nSPS) is 15.6. The van der Waals surface area contributed by atoms with Gasteiger partial charge in [-0.2, -0.15) is 0 Å². The Bertz CT molecular complexity index is 894. The summed E-state index contributed by atoms with van der Waals surface area (Å²) in [6, 6.07) is 9.07. The highest BCUT2D eigenvalue weighted by Crippen LogP contribution is 2.34. The summed E-state index contributed by atoms with van der Waals surface area (Å²) in [6.07, 6.45) is 2.47. The number of benzene rings is 1. The summed E-state index contributed by atoms with van der Waals surface area (Å²) in [5, 5.41) is 2.70. The van der Waals surface area contributed by atoms with Crippen LogP contribution >= 0.6 is 22.9 Å². The molecule has 1 aliphatic heterocycles. The van der Waals surface area contributed by atoms with Crippen LogP contribution < -0.4 is 4.74 Å². The maximum Gasteiger partial charge on any atom is 0.242 e. The van der Waals surface area contributed by atoms with Gasteiger partial charge in [-0.05, 0) is 47.7 Å². The topological polar surface area (TPSA) is 49.9 Å². The van der Waals surface area contributed by atoms with Gasteiger partial charge in [0.1, 0.15) is 18.9 Å². The maximum absolute atomic E-state index is 13.2. The zero-order valence-electron chi connectivity index (χ0n) is 17.3. The molecule has 0 unspecified atom stereocenters. The van der Waals surface area contributed by atoms with Gasteiger partial charge < -0.3 is 14.5 Å². The molecule has 1 atom stereocenters. The summed E-state index contributed by atoms with van der Waals surface area (Å²) in [6.45, 7) is 8.75. The van der Waals surface area contributed by atoms with Crippen LogP contribution in [-0.4, -0.2) is 47.9 Å². The minimum Gasteiger partial charge on any atom is -0.491 e. The van der Waals surface area contributed by atoms with E-state index >= 15 is 0 Å². The molecule has 0 radical (unpaired) electrons. The van der Waals surface area contributed by atoms with E-state index in [9.17, 15) is 9.59 Å². The molecule has 160 valence electrons. The SMILES string of the molecule is C=CCN(CC(=O)N1CCc2sccc2[C@@H]1COc1ccc(Cl)cc1)C(=O)C(C)C. The van der Waals surface area contributed by atoms with Crippen LogP contribution in [0.3, 0.4) is 0 Å². The second-order valence-electron chi connectivity index (χ2n) is 7.58. The summed E-state index contributed by atoms with van der Waals surface area (Å²) in [4.78, 5) is 30.4. The van der Waals surface area contributed by atoms with Crippen molar-refractivity contribution in [2.75, 3.05) is 26.2 Å². The minimum atomic E-state index is -0.192. The molecular formula is C23H27ClN2O3S. The quantitative estimate of drug-likeness (QED) is 0.558. The van der Waals surface area contributed by atoms with E-state index in [0.29, 0.717) is 30.5 Å². The number of carbonyl (C=O) groups excluding carboxylic acids is 2. The third kappa shape index (κ3) is 5.24. The Hall–Kier alpha value is -2.31. The van der Waals surface area contributed by atoms with Gasteiger partial charge in [-0.1, -0.05) is 31.5 Å². The number of rotatable bonds is 8. The molecule has 1 aromatic carbocycles. The van der Waals surface area contributed by atoms with Crippen molar-refractivity contribution in [2.24, 2.45) is 5.92 Å². The lowest BCUT2D eigenvalue weighted by Crippen LogP contribution is -2.48. The molecule has 1 aliphatic rings. The highest BCUT2D eigenvalue weighted by molar-refractivity contribution is 7.10. The lowest BCUT2D eigenvalue weighted by molar-refractivity contribution is -0.143. The van der Waals surface area contributed by atoms with E-state index in [1.54, 1.807) is 34.4 Å². The van der Waals surface area contributed by atoms with E-state index in [1.165, 1.54) is 4.88 Å². The first kappa shape index (κ1) is 22.4. The number of nitrogens with zero attached hydrogens (tertiary/aromatic N) is 2. The zero-order valence-corrected chi connectivity index (χ0v) is 18.9. The fraction of sp³-hybridized carbons (Fsp3) is 0.391. The first-order valence-electron chi connectivity index (χ1n) is 10.0. The number of hydrogen-bond acceptors (Lipinski definition) is 4. The van der Waals surface area contributed by atoms with Crippen LogP contribution in [-0.2, 0) is 16.0 Å². The molecule has 0 spiro atoms. The average Bonchev–Trinajstić information content (AvgIpc) is 3.21. The fourth-order valence-electron chi connectivity index (χ4n) is 3.59. The second kappa shape index (κ2) is 10.1. The Morgan fingerprint density at radius 3 is 2.73 bits per heavy atom. The Kier molecular flexibility index (Phi) is 7.56. The van der Waals surface area contributed by atoms with Crippen molar-refractivity contribution in [3.05, 3.63) is 63.8 Å². The van der Waals surface area contributed by atoms with E-state index < -0.39 is 0 Å². The third-order valence-corrected chi connectivity index (χ3v) is 6.37. The predicted molar refractivity (Wildman–Crippen MR) is 121 cm³/mol. The molecule has 0 aliphatic carbocycles. The third-order valence-electron chi connectivity index (χ3n) is 5.12. The number of thiophene rings is 1. The molecule has 1 aromatic heterocycles. The molecular weight excluding hydrogens is 420 g/mol. The van der Waals surface area contributed by atoms with Crippen molar-refractivity contribution in [3.8, 4) is 5.75 Å². The van der Waals surface area contributed by atoms with E-state index in [0.717, 1.165) is 12.0 Å². The van der Waals surface area contributed by atoms with Gasteiger partial charge in [0.25, 0.3) is 0 Å². The van der Waals surface area contributed by atoms with E-state index in [1.807, 2.05) is 30.9 Å². The number of amides is 2. The lowest BCUT2D eigenvalue weighted by Gasteiger charge is -2.37. The van der Waals surface area contributed by atoms with Crippen LogP contribution in [0.2, 0.25) is 5.02 Å². The minimum absolute atomic E-state index is 0.0416. The van der Waals surface area contributed by atoms with Crippen molar-refractivity contribution in [1.82, 2.24) is 9.80 Å². The Morgan fingerprint density at radius 2 is 2.07 bits per heavy atom. The van der Waals surface area contributed by atoms with Gasteiger partial charge >= 0.3 is 0 Å². The smallest absolute Gasteiger partial charge is 0.242 e. The molecule has 2 amide bonds. The fourth-order valence-corrected chi connectivity index (χ4v) is 4.64. The lowest BCUT2D eigenvalue weighted by atomic mass is 10.0. The highest BCUT2D eigenvalue weighted by atomic mass is 35.5. The molecule has 0 N–H and O–H groups in total. The number of fused-ring (bicyclic) bond motifs is 1. The summed E-state index contributed by atoms with van der Waals surface area (Å²) in [7, 11) is 0. The van der Waals surface area contributed by atoms with Crippen molar-refractivity contribution in [3.63, 3.8) is 0 Å². The van der Waals surface area contributed by atoms with Gasteiger partial charge in [-0.15, -0.1) is 17.9 Å². The van der Waals surface area contributed by atoms with E-state index in [-0.39, 0.29) is 30.3 Å². The van der Waals surface area contributed by atoms with Gasteiger partial charge in [0.2, 0.25) is 11.8 Å². The highest BCUT2D eigenvalue weighted by Gasteiger charge is 2.33. The van der Waals surface area contributed by atoms with Crippen molar-refractivity contribution in [1.29, 1.82) is 0 Å². The Balaban J connectivity index is 1.77. The van der Waals surface area contributed by atoms with Crippen LogP contribution in [0.4, 0.5) is 0 Å². The van der Waals surface area contributed by atoms with Gasteiger partial charge in [0, 0.05) is 28.9 Å². The van der Waals surface area contributed by atoms with Crippen molar-refractivity contribution >= 4 is 34.8 Å². The van der Waals surface area contributed by atoms with Gasteiger partial charge in [-0.3, -0.25) is 9.59 Å². The summed E-state index contributed by atoms with van der Waals surface area (Å²) in [5.41, 5.74) is 1.12. The molecule has 0 bridgehead atoms. The number of hydrogen-bond donors (Lipinski definition) is 0. The van der Waals surface area contributed by atoms with E-state index in [4.69, 9.17) is 16.3 Å². The van der Waals surface area contributed by atoms with Crippen molar-refractivity contribution < 1.29 is 14.3 Å². The molecule has 2 heterocycles. The molecule has 2 aromatic rings. The van der Waals surface area contributed by atoms with Gasteiger partial charge in [0.15, 0.2) is 0 Å². The summed E-state index contributed by atoms with van der Waals surface area (Å²) >= 11 is 7.66. The Labute approximate surface area is 186 Å². The first-order valence-corrected chi connectivity index (χ1v) is 11.3. The van der Waals surface area contributed by atoms with Crippen LogP contribution in [0.1, 0.15) is 30.3 Å². The predicted octanol–water partition coefficient (Wildman–Crippen LogP) is 4.58. The summed E-state index contributed by atoms with van der Waals surface area (Å²) < 4.78 is 6.00. The van der Waals surface area contributed by atoms with Crippen molar-refractivity contribution in [2.45, 2.75) is 26.3 Å². The van der Waals surface area contributed by atoms with Gasteiger partial charge in [-0.25, -0.2) is 0 Å². The molecule has 0 fully saturated rings. The molecule has 0 saturated carbocycles. The molecule has 30 heavy (non-hydrogen) atoms.